The topological polar surface area (TPSA) is 49.9 Å². The van der Waals surface area contributed by atoms with E-state index >= 15 is 0 Å². The highest BCUT2D eigenvalue weighted by Gasteiger charge is 2.28. The van der Waals surface area contributed by atoms with Crippen LogP contribution in [-0.2, 0) is 10.0 Å². The number of hydrogen-bond acceptors (Lipinski definition) is 4. The van der Waals surface area contributed by atoms with E-state index in [1.165, 1.54) is 0 Å². The average molecular weight is 312 g/mol. The van der Waals surface area contributed by atoms with Crippen LogP contribution in [0.15, 0.2) is 23.1 Å². The minimum Gasteiger partial charge on any atom is -0.494 e. The van der Waals surface area contributed by atoms with Crippen LogP contribution < -0.4 is 4.74 Å². The van der Waals surface area contributed by atoms with Gasteiger partial charge in [0.2, 0.25) is 10.0 Å². The Balaban J connectivity index is 2.18. The SMILES string of the molecule is CCOc1ccc(S(=O)(=O)N2CCN(CC)CC2)cc1C. The largest absolute Gasteiger partial charge is 0.494 e. The van der Waals surface area contributed by atoms with Gasteiger partial charge in [-0.1, -0.05) is 6.92 Å². The van der Waals surface area contributed by atoms with Crippen molar-refractivity contribution in [3.8, 4) is 5.75 Å². The van der Waals surface area contributed by atoms with Crippen molar-refractivity contribution >= 4 is 10.0 Å². The Bertz CT molecular complexity index is 579. The maximum atomic E-state index is 12.7. The molecule has 1 saturated heterocycles. The molecule has 2 rings (SSSR count). The Kier molecular flexibility index (Phi) is 5.24. The van der Waals surface area contributed by atoms with Crippen molar-refractivity contribution in [2.75, 3.05) is 39.3 Å². The molecule has 0 aromatic heterocycles. The molecule has 0 aliphatic carbocycles. The minimum atomic E-state index is -3.40. The van der Waals surface area contributed by atoms with Crippen LogP contribution in [0.4, 0.5) is 0 Å². The summed E-state index contributed by atoms with van der Waals surface area (Å²) in [6, 6.07) is 5.08. The van der Waals surface area contributed by atoms with Crippen LogP contribution in [0.3, 0.4) is 0 Å². The Hall–Kier alpha value is -1.11. The summed E-state index contributed by atoms with van der Waals surface area (Å²) in [5.74, 6) is 0.743. The molecule has 0 spiro atoms. The van der Waals surface area contributed by atoms with E-state index in [1.807, 2.05) is 13.8 Å². The molecule has 118 valence electrons. The van der Waals surface area contributed by atoms with E-state index in [0.717, 1.165) is 30.9 Å². The first-order chi connectivity index (χ1) is 9.98. The Morgan fingerprint density at radius 1 is 1.14 bits per heavy atom. The maximum absolute atomic E-state index is 12.7. The number of nitrogens with zero attached hydrogens (tertiary/aromatic N) is 2. The molecule has 0 atom stereocenters. The van der Waals surface area contributed by atoms with Crippen LogP contribution >= 0.6 is 0 Å². The molecule has 1 aromatic carbocycles. The lowest BCUT2D eigenvalue weighted by molar-refractivity contribution is 0.196. The fourth-order valence-corrected chi connectivity index (χ4v) is 4.04. The number of sulfonamides is 1. The number of aryl methyl sites for hydroxylation is 1. The predicted octanol–water partition coefficient (Wildman–Crippen LogP) is 1.72. The highest BCUT2D eigenvalue weighted by Crippen LogP contribution is 2.24. The number of hydrogen-bond donors (Lipinski definition) is 0. The van der Waals surface area contributed by atoms with Crippen molar-refractivity contribution in [2.45, 2.75) is 25.7 Å². The Morgan fingerprint density at radius 2 is 1.81 bits per heavy atom. The second kappa shape index (κ2) is 6.77. The molecule has 1 aliphatic heterocycles. The van der Waals surface area contributed by atoms with E-state index in [9.17, 15) is 8.42 Å². The number of ether oxygens (including phenoxy) is 1. The van der Waals surface area contributed by atoms with Gasteiger partial charge in [0.05, 0.1) is 11.5 Å². The quantitative estimate of drug-likeness (QED) is 0.831. The first-order valence-electron chi connectivity index (χ1n) is 7.45. The molecular weight excluding hydrogens is 288 g/mol. The molecule has 0 bridgehead atoms. The van der Waals surface area contributed by atoms with Gasteiger partial charge in [-0.3, -0.25) is 0 Å². The van der Waals surface area contributed by atoms with Gasteiger partial charge in [0.25, 0.3) is 0 Å². The molecule has 6 heteroatoms. The van der Waals surface area contributed by atoms with Crippen molar-refractivity contribution in [1.82, 2.24) is 9.21 Å². The first-order valence-corrected chi connectivity index (χ1v) is 8.89. The second-order valence-corrected chi connectivity index (χ2v) is 7.14. The summed E-state index contributed by atoms with van der Waals surface area (Å²) in [6.07, 6.45) is 0. The molecule has 21 heavy (non-hydrogen) atoms. The molecule has 1 aliphatic rings. The summed E-state index contributed by atoms with van der Waals surface area (Å²) in [6.45, 7) is 10.1. The molecule has 1 aromatic rings. The zero-order valence-corrected chi connectivity index (χ0v) is 13.8. The van der Waals surface area contributed by atoms with Gasteiger partial charge < -0.3 is 9.64 Å². The summed E-state index contributed by atoms with van der Waals surface area (Å²) in [4.78, 5) is 2.61. The van der Waals surface area contributed by atoms with Crippen LogP contribution in [0.1, 0.15) is 19.4 Å². The molecule has 0 unspecified atom stereocenters. The van der Waals surface area contributed by atoms with Gasteiger partial charge in [0, 0.05) is 26.2 Å². The number of benzene rings is 1. The molecular formula is C15H24N2O3S. The summed E-state index contributed by atoms with van der Waals surface area (Å²) >= 11 is 0. The summed E-state index contributed by atoms with van der Waals surface area (Å²) in [5.41, 5.74) is 0.852. The zero-order chi connectivity index (χ0) is 15.5. The van der Waals surface area contributed by atoms with Crippen molar-refractivity contribution in [3.63, 3.8) is 0 Å². The van der Waals surface area contributed by atoms with E-state index < -0.39 is 10.0 Å². The third-order valence-corrected chi connectivity index (χ3v) is 5.76. The molecule has 1 fully saturated rings. The zero-order valence-electron chi connectivity index (χ0n) is 13.0. The highest BCUT2D eigenvalue weighted by atomic mass is 32.2. The highest BCUT2D eigenvalue weighted by molar-refractivity contribution is 7.89. The second-order valence-electron chi connectivity index (χ2n) is 5.20. The van der Waals surface area contributed by atoms with Gasteiger partial charge >= 0.3 is 0 Å². The standard InChI is InChI=1S/C15H24N2O3S/c1-4-16-8-10-17(11-9-16)21(18,19)14-6-7-15(20-5-2)13(3)12-14/h6-7,12H,4-5,8-11H2,1-3H3. The summed E-state index contributed by atoms with van der Waals surface area (Å²) in [5, 5.41) is 0. The van der Waals surface area contributed by atoms with E-state index in [1.54, 1.807) is 22.5 Å². The molecule has 0 saturated carbocycles. The third-order valence-electron chi connectivity index (χ3n) is 3.86. The molecule has 5 nitrogen and oxygen atoms in total. The lowest BCUT2D eigenvalue weighted by Crippen LogP contribution is -2.48. The number of likely N-dealkylation sites (N-methyl/N-ethyl adjacent to an activating group) is 1. The minimum absolute atomic E-state index is 0.355. The third kappa shape index (κ3) is 3.56. The van der Waals surface area contributed by atoms with Crippen molar-refractivity contribution < 1.29 is 13.2 Å². The Morgan fingerprint density at radius 3 is 2.33 bits per heavy atom. The maximum Gasteiger partial charge on any atom is 0.243 e. The smallest absolute Gasteiger partial charge is 0.243 e. The van der Waals surface area contributed by atoms with Crippen LogP contribution in [0, 0.1) is 6.92 Å². The lowest BCUT2D eigenvalue weighted by atomic mass is 10.2. The molecule has 1 heterocycles. The van der Waals surface area contributed by atoms with Crippen molar-refractivity contribution in [3.05, 3.63) is 23.8 Å². The normalized spacial score (nSPS) is 17.9. The molecule has 0 radical (unpaired) electrons. The van der Waals surface area contributed by atoms with Crippen LogP contribution in [-0.4, -0.2) is 57.0 Å². The van der Waals surface area contributed by atoms with E-state index in [2.05, 4.69) is 11.8 Å². The summed E-state index contributed by atoms with van der Waals surface area (Å²) < 4.78 is 32.4. The van der Waals surface area contributed by atoms with E-state index in [0.29, 0.717) is 24.6 Å². The van der Waals surface area contributed by atoms with Gasteiger partial charge in [-0.15, -0.1) is 0 Å². The van der Waals surface area contributed by atoms with Crippen LogP contribution in [0.5, 0.6) is 5.75 Å². The molecule has 0 N–H and O–H groups in total. The molecule has 0 amide bonds. The van der Waals surface area contributed by atoms with Crippen molar-refractivity contribution in [1.29, 1.82) is 0 Å². The van der Waals surface area contributed by atoms with Crippen LogP contribution in [0.2, 0.25) is 0 Å². The fraction of sp³-hybridized carbons (Fsp3) is 0.600. The number of piperazine rings is 1. The predicted molar refractivity (Wildman–Crippen MR) is 83.2 cm³/mol. The lowest BCUT2D eigenvalue weighted by Gasteiger charge is -2.33. The van der Waals surface area contributed by atoms with Gasteiger partial charge in [0.15, 0.2) is 0 Å². The van der Waals surface area contributed by atoms with E-state index in [-0.39, 0.29) is 0 Å². The monoisotopic (exact) mass is 312 g/mol. The summed E-state index contributed by atoms with van der Waals surface area (Å²) in [7, 11) is -3.40. The van der Waals surface area contributed by atoms with E-state index in [4.69, 9.17) is 4.74 Å². The van der Waals surface area contributed by atoms with Gasteiger partial charge in [-0.2, -0.15) is 4.31 Å². The van der Waals surface area contributed by atoms with Gasteiger partial charge in [-0.05, 0) is 44.2 Å². The number of rotatable bonds is 5. The fourth-order valence-electron chi connectivity index (χ4n) is 2.53. The first kappa shape index (κ1) is 16.3. The average Bonchev–Trinajstić information content (AvgIpc) is 2.49. The van der Waals surface area contributed by atoms with Gasteiger partial charge in [0.1, 0.15) is 5.75 Å². The van der Waals surface area contributed by atoms with Crippen LogP contribution in [0.25, 0.3) is 0 Å². The van der Waals surface area contributed by atoms with Gasteiger partial charge in [-0.25, -0.2) is 8.42 Å². The Labute approximate surface area is 127 Å². The van der Waals surface area contributed by atoms with Crippen molar-refractivity contribution in [2.24, 2.45) is 0 Å².